The van der Waals surface area contributed by atoms with E-state index in [-0.39, 0.29) is 5.56 Å². The molecule has 106 valence electrons. The lowest BCUT2D eigenvalue weighted by Gasteiger charge is -2.19. The van der Waals surface area contributed by atoms with E-state index in [0.717, 1.165) is 16.1 Å². The Balaban J connectivity index is 2.47. The molecule has 2 aromatic rings. The summed E-state index contributed by atoms with van der Waals surface area (Å²) < 4.78 is 33.2. The largest absolute Gasteiger partial charge is 0.496 e. The zero-order chi connectivity index (χ0) is 14.7. The molecule has 1 atom stereocenters. The standard InChI is InChI=1S/C15H14BrF2NO/c1-19-15(10-4-3-5-12(17)14(10)18)9-6-7-13(20-2)11(16)8-9/h3-8,15,19H,1-2H3. The van der Waals surface area contributed by atoms with E-state index in [4.69, 9.17) is 4.74 Å². The van der Waals surface area contributed by atoms with Gasteiger partial charge in [0.2, 0.25) is 0 Å². The highest BCUT2D eigenvalue weighted by atomic mass is 79.9. The zero-order valence-corrected chi connectivity index (χ0v) is 12.7. The number of methoxy groups -OCH3 is 1. The minimum absolute atomic E-state index is 0.268. The van der Waals surface area contributed by atoms with Crippen LogP contribution in [0.1, 0.15) is 17.2 Å². The van der Waals surface area contributed by atoms with Gasteiger partial charge in [0.15, 0.2) is 11.6 Å². The van der Waals surface area contributed by atoms with Crippen molar-refractivity contribution in [2.24, 2.45) is 0 Å². The van der Waals surface area contributed by atoms with Crippen LogP contribution in [0.25, 0.3) is 0 Å². The summed E-state index contributed by atoms with van der Waals surface area (Å²) in [5.74, 6) is -1.00. The SMILES string of the molecule is CNC(c1ccc(OC)c(Br)c1)c1cccc(F)c1F. The normalized spacial score (nSPS) is 12.2. The molecule has 2 rings (SSSR count). The molecular formula is C15H14BrF2NO. The third-order valence-electron chi connectivity index (χ3n) is 3.09. The molecule has 0 amide bonds. The van der Waals surface area contributed by atoms with E-state index in [2.05, 4.69) is 21.2 Å². The second-order valence-electron chi connectivity index (χ2n) is 4.26. The number of halogens is 3. The Hall–Kier alpha value is -1.46. The van der Waals surface area contributed by atoms with Gasteiger partial charge in [0.25, 0.3) is 0 Å². The molecule has 2 nitrogen and oxygen atoms in total. The molecule has 5 heteroatoms. The summed E-state index contributed by atoms with van der Waals surface area (Å²) in [4.78, 5) is 0. The summed E-state index contributed by atoms with van der Waals surface area (Å²) in [5.41, 5.74) is 1.08. The van der Waals surface area contributed by atoms with Crippen LogP contribution in [0.3, 0.4) is 0 Å². The number of hydrogen-bond acceptors (Lipinski definition) is 2. The molecule has 0 fully saturated rings. The maximum absolute atomic E-state index is 13.9. The minimum Gasteiger partial charge on any atom is -0.496 e. The van der Waals surface area contributed by atoms with Crippen LogP contribution in [0.2, 0.25) is 0 Å². The lowest BCUT2D eigenvalue weighted by atomic mass is 9.98. The highest BCUT2D eigenvalue weighted by Crippen LogP contribution is 2.31. The maximum atomic E-state index is 13.9. The molecule has 0 saturated carbocycles. The van der Waals surface area contributed by atoms with E-state index in [1.54, 1.807) is 26.3 Å². The monoisotopic (exact) mass is 341 g/mol. The Morgan fingerprint density at radius 3 is 2.55 bits per heavy atom. The quantitative estimate of drug-likeness (QED) is 0.905. The van der Waals surface area contributed by atoms with Crippen molar-refractivity contribution in [3.63, 3.8) is 0 Å². The van der Waals surface area contributed by atoms with Crippen LogP contribution < -0.4 is 10.1 Å². The van der Waals surface area contributed by atoms with E-state index < -0.39 is 17.7 Å². The van der Waals surface area contributed by atoms with Crippen molar-refractivity contribution in [1.82, 2.24) is 5.32 Å². The van der Waals surface area contributed by atoms with Crippen LogP contribution in [0.4, 0.5) is 8.78 Å². The third kappa shape index (κ3) is 2.83. The van der Waals surface area contributed by atoms with E-state index >= 15 is 0 Å². The van der Waals surface area contributed by atoms with Gasteiger partial charge in [0.05, 0.1) is 17.6 Å². The van der Waals surface area contributed by atoms with Crippen LogP contribution in [-0.2, 0) is 0 Å². The average Bonchev–Trinajstić information content (AvgIpc) is 2.44. The maximum Gasteiger partial charge on any atom is 0.163 e. The van der Waals surface area contributed by atoms with Crippen LogP contribution in [-0.4, -0.2) is 14.2 Å². The lowest BCUT2D eigenvalue weighted by molar-refractivity contribution is 0.411. The minimum atomic E-state index is -0.852. The van der Waals surface area contributed by atoms with Crippen molar-refractivity contribution >= 4 is 15.9 Å². The first-order chi connectivity index (χ1) is 9.58. The molecule has 1 unspecified atom stereocenters. The number of rotatable bonds is 4. The van der Waals surface area contributed by atoms with Crippen molar-refractivity contribution in [1.29, 1.82) is 0 Å². The van der Waals surface area contributed by atoms with Crippen molar-refractivity contribution in [3.8, 4) is 5.75 Å². The van der Waals surface area contributed by atoms with Crippen LogP contribution in [0, 0.1) is 11.6 Å². The van der Waals surface area contributed by atoms with E-state index in [0.29, 0.717) is 5.75 Å². The topological polar surface area (TPSA) is 21.3 Å². The fraction of sp³-hybridized carbons (Fsp3) is 0.200. The van der Waals surface area contributed by atoms with E-state index in [9.17, 15) is 8.78 Å². The summed E-state index contributed by atoms with van der Waals surface area (Å²) >= 11 is 3.39. The number of nitrogens with one attached hydrogen (secondary N) is 1. The summed E-state index contributed by atoms with van der Waals surface area (Å²) in [7, 11) is 3.27. The first-order valence-corrected chi connectivity index (χ1v) is 6.82. The predicted octanol–water partition coefficient (Wildman–Crippen LogP) is 4.04. The van der Waals surface area contributed by atoms with Crippen molar-refractivity contribution in [2.75, 3.05) is 14.2 Å². The molecule has 0 aliphatic rings. The van der Waals surface area contributed by atoms with E-state index in [1.165, 1.54) is 6.07 Å². The van der Waals surface area contributed by atoms with Crippen molar-refractivity contribution in [2.45, 2.75) is 6.04 Å². The van der Waals surface area contributed by atoms with Gasteiger partial charge in [0.1, 0.15) is 5.75 Å². The Labute approximate surface area is 124 Å². The second kappa shape index (κ2) is 6.33. The molecule has 1 N–H and O–H groups in total. The van der Waals surface area contributed by atoms with Gasteiger partial charge in [-0.1, -0.05) is 18.2 Å². The average molecular weight is 342 g/mol. The number of hydrogen-bond donors (Lipinski definition) is 1. The number of benzene rings is 2. The van der Waals surface area contributed by atoms with Crippen LogP contribution in [0.15, 0.2) is 40.9 Å². The van der Waals surface area contributed by atoms with Gasteiger partial charge >= 0.3 is 0 Å². The van der Waals surface area contributed by atoms with Gasteiger partial charge in [0, 0.05) is 5.56 Å². The molecule has 0 saturated heterocycles. The smallest absolute Gasteiger partial charge is 0.163 e. The Morgan fingerprint density at radius 1 is 1.20 bits per heavy atom. The lowest BCUT2D eigenvalue weighted by Crippen LogP contribution is -2.19. The first kappa shape index (κ1) is 14.9. The predicted molar refractivity (Wildman–Crippen MR) is 78.0 cm³/mol. The molecule has 0 spiro atoms. The highest BCUT2D eigenvalue weighted by Gasteiger charge is 2.19. The fourth-order valence-corrected chi connectivity index (χ4v) is 2.67. The third-order valence-corrected chi connectivity index (χ3v) is 3.71. The summed E-state index contributed by atoms with van der Waals surface area (Å²) in [5, 5.41) is 3.00. The molecule has 20 heavy (non-hydrogen) atoms. The van der Waals surface area contributed by atoms with Gasteiger partial charge < -0.3 is 10.1 Å². The van der Waals surface area contributed by atoms with Gasteiger partial charge in [-0.2, -0.15) is 0 Å². The molecule has 0 heterocycles. The van der Waals surface area contributed by atoms with Gasteiger partial charge in [-0.15, -0.1) is 0 Å². The Morgan fingerprint density at radius 2 is 1.95 bits per heavy atom. The van der Waals surface area contributed by atoms with Gasteiger partial charge in [-0.05, 0) is 46.7 Å². The fourth-order valence-electron chi connectivity index (χ4n) is 2.11. The first-order valence-electron chi connectivity index (χ1n) is 6.03. The Bertz CT molecular complexity index is 619. The van der Waals surface area contributed by atoms with Crippen LogP contribution in [0.5, 0.6) is 5.75 Å². The molecule has 0 bridgehead atoms. The van der Waals surface area contributed by atoms with Gasteiger partial charge in [-0.3, -0.25) is 0 Å². The molecule has 2 aromatic carbocycles. The van der Waals surface area contributed by atoms with E-state index in [1.807, 2.05) is 12.1 Å². The van der Waals surface area contributed by atoms with Crippen molar-refractivity contribution in [3.05, 3.63) is 63.6 Å². The second-order valence-corrected chi connectivity index (χ2v) is 5.11. The molecule has 0 aliphatic carbocycles. The Kier molecular flexibility index (Phi) is 4.73. The van der Waals surface area contributed by atoms with Crippen molar-refractivity contribution < 1.29 is 13.5 Å². The van der Waals surface area contributed by atoms with Crippen LogP contribution >= 0.6 is 15.9 Å². The number of ether oxygens (including phenoxy) is 1. The summed E-state index contributed by atoms with van der Waals surface area (Å²) in [6, 6.07) is 9.15. The summed E-state index contributed by atoms with van der Waals surface area (Å²) in [6.45, 7) is 0. The summed E-state index contributed by atoms with van der Waals surface area (Å²) in [6.07, 6.45) is 0. The molecular weight excluding hydrogens is 328 g/mol. The zero-order valence-electron chi connectivity index (χ0n) is 11.1. The highest BCUT2D eigenvalue weighted by molar-refractivity contribution is 9.10. The molecule has 0 aliphatic heterocycles. The van der Waals surface area contributed by atoms with Gasteiger partial charge in [-0.25, -0.2) is 8.78 Å². The molecule has 0 aromatic heterocycles. The molecule has 0 radical (unpaired) electrons.